The fourth-order valence-electron chi connectivity index (χ4n) is 2.19. The first-order valence-electron chi connectivity index (χ1n) is 8.28. The average molecular weight is 309 g/mol. The molecule has 1 atom stereocenters. The molecular formula is C16H31N5O. The van der Waals surface area contributed by atoms with Gasteiger partial charge < -0.3 is 15.4 Å². The minimum Gasteiger partial charge on any atom is -0.378 e. The van der Waals surface area contributed by atoms with E-state index in [1.54, 1.807) is 6.20 Å². The van der Waals surface area contributed by atoms with Crippen LogP contribution in [0.5, 0.6) is 0 Å². The lowest BCUT2D eigenvalue weighted by atomic mass is 10.0. The summed E-state index contributed by atoms with van der Waals surface area (Å²) >= 11 is 0. The number of hydrogen-bond acceptors (Lipinski definition) is 3. The summed E-state index contributed by atoms with van der Waals surface area (Å²) in [5, 5.41) is 10.8. The third-order valence-corrected chi connectivity index (χ3v) is 3.34. The third kappa shape index (κ3) is 7.45. The normalized spacial score (nSPS) is 13.4. The van der Waals surface area contributed by atoms with E-state index in [-0.39, 0.29) is 6.10 Å². The molecule has 1 unspecified atom stereocenters. The van der Waals surface area contributed by atoms with Crippen LogP contribution in [0.15, 0.2) is 23.5 Å². The van der Waals surface area contributed by atoms with Crippen LogP contribution in [0.2, 0.25) is 0 Å². The molecule has 0 aliphatic carbocycles. The van der Waals surface area contributed by atoms with Crippen LogP contribution in [-0.4, -0.2) is 48.1 Å². The molecule has 0 aliphatic rings. The van der Waals surface area contributed by atoms with Crippen molar-refractivity contribution in [2.24, 2.45) is 10.9 Å². The van der Waals surface area contributed by atoms with Crippen molar-refractivity contribution in [2.75, 3.05) is 26.2 Å². The fourth-order valence-corrected chi connectivity index (χ4v) is 2.19. The topological polar surface area (TPSA) is 63.5 Å². The first-order valence-corrected chi connectivity index (χ1v) is 8.28. The van der Waals surface area contributed by atoms with Crippen LogP contribution < -0.4 is 10.6 Å². The number of aliphatic imine (C=N–C) groups is 1. The van der Waals surface area contributed by atoms with Gasteiger partial charge in [0.1, 0.15) is 0 Å². The molecule has 2 N–H and O–H groups in total. The monoisotopic (exact) mass is 309 g/mol. The smallest absolute Gasteiger partial charge is 0.191 e. The summed E-state index contributed by atoms with van der Waals surface area (Å²) in [6, 6.07) is 1.93. The number of rotatable bonds is 10. The number of nitrogens with one attached hydrogen (secondary N) is 2. The highest BCUT2D eigenvalue weighted by Gasteiger charge is 2.12. The Morgan fingerprint density at radius 1 is 1.32 bits per heavy atom. The number of aromatic nitrogens is 2. The van der Waals surface area contributed by atoms with E-state index in [2.05, 4.69) is 41.5 Å². The Morgan fingerprint density at radius 3 is 2.73 bits per heavy atom. The predicted octanol–water partition coefficient (Wildman–Crippen LogP) is 1.89. The standard InChI is InChI=1S/C16H31N5O/c1-5-17-16(19-11-13-21-12-7-9-20-21)18-10-8-15(14(3)4)22-6-2/h7,9,12,14-15H,5-6,8,10-11,13H2,1-4H3,(H2,17,18,19). The van der Waals surface area contributed by atoms with Crippen molar-refractivity contribution in [1.82, 2.24) is 20.4 Å². The van der Waals surface area contributed by atoms with Crippen molar-refractivity contribution in [2.45, 2.75) is 46.8 Å². The fraction of sp³-hybridized carbons (Fsp3) is 0.750. The van der Waals surface area contributed by atoms with Crippen LogP contribution in [0, 0.1) is 5.92 Å². The minimum absolute atomic E-state index is 0.278. The Hall–Kier alpha value is -1.56. The lowest BCUT2D eigenvalue weighted by molar-refractivity contribution is 0.0266. The van der Waals surface area contributed by atoms with Gasteiger partial charge in [-0.25, -0.2) is 0 Å². The zero-order chi connectivity index (χ0) is 16.2. The van der Waals surface area contributed by atoms with E-state index in [0.717, 1.165) is 45.2 Å². The quantitative estimate of drug-likeness (QED) is 0.512. The Kier molecular flexibility index (Phi) is 9.30. The lowest BCUT2D eigenvalue weighted by Crippen LogP contribution is -2.39. The van der Waals surface area contributed by atoms with Crippen molar-refractivity contribution in [3.05, 3.63) is 18.5 Å². The SMILES string of the molecule is CCNC(=NCCC(OCC)C(C)C)NCCn1cccn1. The molecule has 0 saturated heterocycles. The molecule has 0 saturated carbocycles. The molecule has 1 aromatic heterocycles. The molecule has 0 aliphatic heterocycles. The maximum atomic E-state index is 5.75. The lowest BCUT2D eigenvalue weighted by Gasteiger charge is -2.20. The molecule has 0 fully saturated rings. The molecule has 0 radical (unpaired) electrons. The zero-order valence-corrected chi connectivity index (χ0v) is 14.4. The van der Waals surface area contributed by atoms with Crippen molar-refractivity contribution >= 4 is 5.96 Å². The Bertz CT molecular complexity index is 403. The second-order valence-corrected chi connectivity index (χ2v) is 5.48. The average Bonchev–Trinajstić information content (AvgIpc) is 2.99. The van der Waals surface area contributed by atoms with Crippen LogP contribution in [0.4, 0.5) is 0 Å². The Balaban J connectivity index is 2.36. The van der Waals surface area contributed by atoms with E-state index in [1.165, 1.54) is 0 Å². The van der Waals surface area contributed by atoms with Crippen LogP contribution in [0.3, 0.4) is 0 Å². The molecule has 0 amide bonds. The molecule has 0 spiro atoms. The van der Waals surface area contributed by atoms with E-state index >= 15 is 0 Å². The molecule has 0 bridgehead atoms. The van der Waals surface area contributed by atoms with Gasteiger partial charge in [-0.2, -0.15) is 5.10 Å². The van der Waals surface area contributed by atoms with Gasteiger partial charge in [-0.3, -0.25) is 9.67 Å². The van der Waals surface area contributed by atoms with Crippen LogP contribution in [0.1, 0.15) is 34.1 Å². The highest BCUT2D eigenvalue weighted by atomic mass is 16.5. The van der Waals surface area contributed by atoms with E-state index in [1.807, 2.05) is 23.9 Å². The third-order valence-electron chi connectivity index (χ3n) is 3.34. The summed E-state index contributed by atoms with van der Waals surface area (Å²) < 4.78 is 7.66. The van der Waals surface area contributed by atoms with Crippen molar-refractivity contribution < 1.29 is 4.74 Å². The Labute approximate surface area is 134 Å². The molecular weight excluding hydrogens is 278 g/mol. The van der Waals surface area contributed by atoms with Gasteiger partial charge in [-0.15, -0.1) is 0 Å². The molecule has 6 nitrogen and oxygen atoms in total. The van der Waals surface area contributed by atoms with Gasteiger partial charge in [-0.1, -0.05) is 13.8 Å². The van der Waals surface area contributed by atoms with Crippen LogP contribution in [0.25, 0.3) is 0 Å². The molecule has 126 valence electrons. The summed E-state index contributed by atoms with van der Waals surface area (Å²) in [5.41, 5.74) is 0. The second kappa shape index (κ2) is 11.1. The molecule has 1 heterocycles. The van der Waals surface area contributed by atoms with Crippen molar-refractivity contribution in [3.63, 3.8) is 0 Å². The first-order chi connectivity index (χ1) is 10.7. The van der Waals surface area contributed by atoms with Gasteiger partial charge in [0.15, 0.2) is 5.96 Å². The van der Waals surface area contributed by atoms with E-state index < -0.39 is 0 Å². The molecule has 1 aromatic rings. The molecule has 22 heavy (non-hydrogen) atoms. The largest absolute Gasteiger partial charge is 0.378 e. The summed E-state index contributed by atoms with van der Waals surface area (Å²) in [7, 11) is 0. The Morgan fingerprint density at radius 2 is 2.14 bits per heavy atom. The van der Waals surface area contributed by atoms with Gasteiger partial charge in [0.05, 0.1) is 12.6 Å². The molecule has 1 rings (SSSR count). The number of hydrogen-bond donors (Lipinski definition) is 2. The first kappa shape index (κ1) is 18.5. The molecule has 0 aromatic carbocycles. The van der Waals surface area contributed by atoms with E-state index in [4.69, 9.17) is 4.74 Å². The van der Waals surface area contributed by atoms with Crippen molar-refractivity contribution in [3.8, 4) is 0 Å². The summed E-state index contributed by atoms with van der Waals surface area (Å²) in [4.78, 5) is 4.62. The van der Waals surface area contributed by atoms with Crippen LogP contribution in [-0.2, 0) is 11.3 Å². The highest BCUT2D eigenvalue weighted by Crippen LogP contribution is 2.10. The number of guanidine groups is 1. The predicted molar refractivity (Wildman–Crippen MR) is 91.1 cm³/mol. The number of ether oxygens (including phenoxy) is 1. The second-order valence-electron chi connectivity index (χ2n) is 5.48. The van der Waals surface area contributed by atoms with E-state index in [9.17, 15) is 0 Å². The van der Waals surface area contributed by atoms with Crippen molar-refractivity contribution in [1.29, 1.82) is 0 Å². The number of nitrogens with zero attached hydrogens (tertiary/aromatic N) is 3. The van der Waals surface area contributed by atoms with Gasteiger partial charge >= 0.3 is 0 Å². The van der Waals surface area contributed by atoms with Gasteiger partial charge in [0.2, 0.25) is 0 Å². The van der Waals surface area contributed by atoms with Crippen LogP contribution >= 0.6 is 0 Å². The van der Waals surface area contributed by atoms with E-state index in [0.29, 0.717) is 5.92 Å². The maximum absolute atomic E-state index is 5.75. The van der Waals surface area contributed by atoms with Gasteiger partial charge in [-0.05, 0) is 32.3 Å². The summed E-state index contributed by atoms with van der Waals surface area (Å²) in [5.74, 6) is 1.37. The summed E-state index contributed by atoms with van der Waals surface area (Å²) in [6.45, 7) is 12.5. The minimum atomic E-state index is 0.278. The van der Waals surface area contributed by atoms with Gasteiger partial charge in [0.25, 0.3) is 0 Å². The summed E-state index contributed by atoms with van der Waals surface area (Å²) in [6.07, 6.45) is 4.97. The zero-order valence-electron chi connectivity index (χ0n) is 14.4. The highest BCUT2D eigenvalue weighted by molar-refractivity contribution is 5.79. The van der Waals surface area contributed by atoms with Gasteiger partial charge in [0, 0.05) is 38.6 Å². The molecule has 6 heteroatoms. The maximum Gasteiger partial charge on any atom is 0.191 e.